The van der Waals surface area contributed by atoms with E-state index in [9.17, 15) is 0 Å². The van der Waals surface area contributed by atoms with Crippen LogP contribution in [0.1, 0.15) is 70.9 Å². The third-order valence-electron chi connectivity index (χ3n) is 12.2. The Morgan fingerprint density at radius 2 is 1.19 bits per heavy atom. The molecule has 2 heterocycles. The van der Waals surface area contributed by atoms with Gasteiger partial charge in [-0.25, -0.2) is 0 Å². The molecule has 0 amide bonds. The van der Waals surface area contributed by atoms with Crippen molar-refractivity contribution >= 4 is 94.1 Å². The molecule has 8 aromatic carbocycles. The number of likely N-dealkylation sites (N-methyl/N-ethyl adjacent to an activating group) is 1. The van der Waals surface area contributed by atoms with Crippen LogP contribution < -0.4 is 9.80 Å². The van der Waals surface area contributed by atoms with Crippen LogP contribution in [-0.4, -0.2) is 7.05 Å². The fourth-order valence-corrected chi connectivity index (χ4v) is 9.18. The summed E-state index contributed by atoms with van der Waals surface area (Å²) in [6.45, 7) is 30.6. The summed E-state index contributed by atoms with van der Waals surface area (Å²) in [5, 5.41) is 11.0. The van der Waals surface area contributed by atoms with Crippen LogP contribution in [0, 0.1) is 13.8 Å². The van der Waals surface area contributed by atoms with Crippen LogP contribution in [0.3, 0.4) is 0 Å². The number of hydrogen-bond acceptors (Lipinski definition) is 4. The molecule has 0 atom stereocenters. The van der Waals surface area contributed by atoms with Crippen molar-refractivity contribution in [2.24, 2.45) is 0 Å². The third-order valence-corrected chi connectivity index (χ3v) is 12.2. The maximum atomic E-state index is 6.66. The highest BCUT2D eigenvalue weighted by Gasteiger charge is 2.24. The van der Waals surface area contributed by atoms with E-state index >= 15 is 0 Å². The Morgan fingerprint density at radius 3 is 1.88 bits per heavy atom. The van der Waals surface area contributed by atoms with E-state index in [0.717, 1.165) is 90.2 Å². The zero-order valence-corrected chi connectivity index (χ0v) is 41.1. The van der Waals surface area contributed by atoms with Crippen molar-refractivity contribution < 1.29 is 8.83 Å². The van der Waals surface area contributed by atoms with Crippen molar-refractivity contribution in [2.45, 2.75) is 68.7 Å². The second-order valence-electron chi connectivity index (χ2n) is 16.5. The van der Waals surface area contributed by atoms with Crippen molar-refractivity contribution in [3.63, 3.8) is 0 Å². The molecule has 0 spiro atoms. The molecule has 0 unspecified atom stereocenters. The average Bonchev–Trinajstić information content (AvgIpc) is 3.93. The summed E-state index contributed by atoms with van der Waals surface area (Å²) in [6.07, 6.45) is 8.76. The summed E-state index contributed by atoms with van der Waals surface area (Å²) < 4.78 is 12.8. The largest absolute Gasteiger partial charge is 0.458 e. The van der Waals surface area contributed by atoms with Gasteiger partial charge in [0.25, 0.3) is 0 Å². The van der Waals surface area contributed by atoms with E-state index in [-0.39, 0.29) is 0 Å². The van der Waals surface area contributed by atoms with Crippen LogP contribution in [0.25, 0.3) is 71.3 Å². The molecule has 0 aliphatic heterocycles. The van der Waals surface area contributed by atoms with Crippen molar-refractivity contribution in [1.82, 2.24) is 0 Å². The van der Waals surface area contributed by atoms with E-state index in [1.807, 2.05) is 85.0 Å². The molecule has 4 heteroatoms. The average molecular weight is 881 g/mol. The van der Waals surface area contributed by atoms with Crippen molar-refractivity contribution in [3.05, 3.63) is 211 Å². The van der Waals surface area contributed by atoms with Gasteiger partial charge in [-0.2, -0.15) is 0 Å². The van der Waals surface area contributed by atoms with Crippen LogP contribution in [0.4, 0.5) is 22.7 Å². The minimum Gasteiger partial charge on any atom is -0.458 e. The Bertz CT molecular complexity index is 3450. The highest BCUT2D eigenvalue weighted by molar-refractivity contribution is 6.26. The van der Waals surface area contributed by atoms with Gasteiger partial charge in [-0.05, 0) is 96.1 Å². The first kappa shape index (κ1) is 47.4. The van der Waals surface area contributed by atoms with Gasteiger partial charge in [0.05, 0.1) is 17.1 Å². The summed E-state index contributed by atoms with van der Waals surface area (Å²) in [6, 6.07) is 47.6. The summed E-state index contributed by atoms with van der Waals surface area (Å²) in [7, 11) is 2.01. The Hall–Kier alpha value is -7.56. The summed E-state index contributed by atoms with van der Waals surface area (Å²) in [5.41, 5.74) is 13.6. The maximum Gasteiger partial charge on any atom is 0.159 e. The minimum absolute atomic E-state index is 0.813. The molecule has 2 aromatic heterocycles. The summed E-state index contributed by atoms with van der Waals surface area (Å²) in [4.78, 5) is 4.46. The third kappa shape index (κ3) is 9.05. The second-order valence-corrected chi connectivity index (χ2v) is 16.5. The van der Waals surface area contributed by atoms with E-state index in [1.165, 1.54) is 43.4 Å². The lowest BCUT2D eigenvalue weighted by Crippen LogP contribution is -2.16. The number of para-hydroxylation sites is 3. The molecule has 0 saturated carbocycles. The predicted molar refractivity (Wildman–Crippen MR) is 295 cm³/mol. The van der Waals surface area contributed by atoms with E-state index in [4.69, 9.17) is 8.83 Å². The monoisotopic (exact) mass is 880 g/mol. The molecule has 0 N–H and O–H groups in total. The first-order valence-corrected chi connectivity index (χ1v) is 23.6. The number of fused-ring (bicyclic) bond motifs is 4. The van der Waals surface area contributed by atoms with Crippen molar-refractivity contribution in [1.29, 1.82) is 0 Å². The van der Waals surface area contributed by atoms with Gasteiger partial charge in [-0.15, -0.1) is 0 Å². The number of nitrogens with zero attached hydrogens (tertiary/aromatic N) is 2. The zero-order valence-electron chi connectivity index (χ0n) is 41.1. The molecule has 4 nitrogen and oxygen atoms in total. The van der Waals surface area contributed by atoms with Crippen LogP contribution in [-0.2, 0) is 6.42 Å². The second kappa shape index (κ2) is 20.7. The lowest BCUT2D eigenvalue weighted by molar-refractivity contribution is 0.556. The zero-order chi connectivity index (χ0) is 47.9. The molecule has 0 fully saturated rings. The SMILES string of the molecule is C=C(C)/C=C(/C)C(=C)N(C)c1cccc2c1oc1ccccc12.C=C/C=C\c1c(CC)oc2c(N(c3ccc(C)cc3C)c3ccc4ccc5cccc6ccc3c4c56)cccc12.CC.CC. The lowest BCUT2D eigenvalue weighted by Gasteiger charge is -2.29. The molecule has 10 aromatic rings. The fourth-order valence-electron chi connectivity index (χ4n) is 9.18. The van der Waals surface area contributed by atoms with Crippen LogP contribution in [0.15, 0.2) is 197 Å². The number of rotatable bonds is 10. The van der Waals surface area contributed by atoms with Gasteiger partial charge in [0, 0.05) is 52.0 Å². The molecule has 338 valence electrons. The van der Waals surface area contributed by atoms with E-state index in [2.05, 4.69) is 172 Å². The Morgan fingerprint density at radius 1 is 0.597 bits per heavy atom. The van der Waals surface area contributed by atoms with Gasteiger partial charge < -0.3 is 18.6 Å². The van der Waals surface area contributed by atoms with Gasteiger partial charge in [0.15, 0.2) is 11.2 Å². The standard InChI is InChI=1S/C38H31NO.C21H21NO.2C2H6/c1-5-7-12-29-30-13-9-14-34(38(30)40-35(29)6-2)39(32-21-15-24(3)23-25(32)4)33-22-19-28-17-16-26-10-8-11-27-18-20-31(33)37(28)36(26)27;1-14(2)13-15(3)16(4)22(5)19-11-8-10-18-17-9-6-7-12-20(17)23-21(18)19;2*1-2/h5,7-23H,1,6H2,2-4H3;6-13H,1,4H2,2-3,5H3;2*1-2H3/b12-7-;15-13-;;. The Kier molecular flexibility index (Phi) is 14.7. The number of aryl methyl sites for hydroxylation is 3. The lowest BCUT2D eigenvalue weighted by atomic mass is 9.93. The first-order valence-electron chi connectivity index (χ1n) is 23.6. The normalized spacial score (nSPS) is 11.4. The number of anilines is 4. The maximum absolute atomic E-state index is 6.66. The molecule has 0 aliphatic carbocycles. The highest BCUT2D eigenvalue weighted by Crippen LogP contribution is 2.47. The van der Waals surface area contributed by atoms with Crippen molar-refractivity contribution in [2.75, 3.05) is 16.8 Å². The van der Waals surface area contributed by atoms with Gasteiger partial charge in [-0.1, -0.05) is 193 Å². The molecule has 10 rings (SSSR count). The topological polar surface area (TPSA) is 32.8 Å². The molecule has 0 radical (unpaired) electrons. The predicted octanol–water partition coefficient (Wildman–Crippen LogP) is 19.3. The number of hydrogen-bond donors (Lipinski definition) is 0. The quantitative estimate of drug-likeness (QED) is 0.101. The minimum atomic E-state index is 0.813. The van der Waals surface area contributed by atoms with Gasteiger partial charge >= 0.3 is 0 Å². The van der Waals surface area contributed by atoms with E-state index in [0.29, 0.717) is 0 Å². The number of allylic oxidation sites excluding steroid dienone is 5. The van der Waals surface area contributed by atoms with Gasteiger partial charge in [0.2, 0.25) is 0 Å². The molecular formula is C63H64N2O2. The van der Waals surface area contributed by atoms with Crippen molar-refractivity contribution in [3.8, 4) is 0 Å². The fraction of sp³-hybridized carbons (Fsp3) is 0.175. The van der Waals surface area contributed by atoms with Crippen LogP contribution in [0.5, 0.6) is 0 Å². The number of furan rings is 2. The Balaban J connectivity index is 0.000000210. The molecule has 0 saturated heterocycles. The summed E-state index contributed by atoms with van der Waals surface area (Å²) >= 11 is 0. The molecule has 0 aliphatic rings. The number of benzene rings is 8. The molecule has 0 bridgehead atoms. The van der Waals surface area contributed by atoms with Gasteiger partial charge in [-0.3, -0.25) is 0 Å². The van der Waals surface area contributed by atoms with Gasteiger partial charge in [0.1, 0.15) is 11.3 Å². The Labute approximate surface area is 397 Å². The van der Waals surface area contributed by atoms with Crippen LogP contribution in [0.2, 0.25) is 0 Å². The molecular weight excluding hydrogens is 817 g/mol. The van der Waals surface area contributed by atoms with E-state index in [1.54, 1.807) is 0 Å². The van der Waals surface area contributed by atoms with Crippen LogP contribution >= 0.6 is 0 Å². The smallest absolute Gasteiger partial charge is 0.159 e. The molecule has 67 heavy (non-hydrogen) atoms. The first-order chi connectivity index (χ1) is 32.6. The highest BCUT2D eigenvalue weighted by atomic mass is 16.3. The summed E-state index contributed by atoms with van der Waals surface area (Å²) in [5.74, 6) is 0.983. The van der Waals surface area contributed by atoms with E-state index < -0.39 is 0 Å².